The van der Waals surface area contributed by atoms with Crippen LogP contribution in [0.25, 0.3) is 0 Å². The van der Waals surface area contributed by atoms with Gasteiger partial charge in [0.25, 0.3) is 0 Å². The molecular formula is C37H57ClFN3O4Si. The Labute approximate surface area is 288 Å². The first-order valence-electron chi connectivity index (χ1n) is 17.1. The Balaban J connectivity index is 1.71. The third-order valence-electron chi connectivity index (χ3n) is 9.62. The molecule has 0 bridgehead atoms. The van der Waals surface area contributed by atoms with Crippen molar-refractivity contribution < 1.29 is 23.1 Å². The molecule has 1 fully saturated rings. The highest BCUT2D eigenvalue weighted by Gasteiger charge is 2.47. The number of nitrogens with one attached hydrogen (secondary N) is 2. The largest absolute Gasteiger partial charge is 0.471 e. The van der Waals surface area contributed by atoms with Crippen molar-refractivity contribution in [1.82, 2.24) is 15.6 Å². The maximum atomic E-state index is 15.2. The lowest BCUT2D eigenvalue weighted by atomic mass is 9.73. The van der Waals surface area contributed by atoms with E-state index in [0.29, 0.717) is 23.0 Å². The number of aromatic nitrogens is 1. The summed E-state index contributed by atoms with van der Waals surface area (Å²) < 4.78 is 34.5. The van der Waals surface area contributed by atoms with Gasteiger partial charge in [-0.25, -0.2) is 14.2 Å². The molecule has 3 atom stereocenters. The summed E-state index contributed by atoms with van der Waals surface area (Å²) in [6.45, 7) is 23.5. The molecule has 47 heavy (non-hydrogen) atoms. The van der Waals surface area contributed by atoms with Crippen LogP contribution in [0.3, 0.4) is 0 Å². The van der Waals surface area contributed by atoms with E-state index in [1.807, 2.05) is 27.0 Å². The molecule has 1 amide bonds. The van der Waals surface area contributed by atoms with Crippen molar-refractivity contribution in [1.29, 1.82) is 0 Å². The van der Waals surface area contributed by atoms with Crippen LogP contribution in [0.2, 0.25) is 23.2 Å². The Morgan fingerprint density at radius 1 is 1.13 bits per heavy atom. The van der Waals surface area contributed by atoms with E-state index in [1.54, 1.807) is 6.07 Å². The molecule has 2 heterocycles. The number of fused-ring (bicyclic) bond motifs is 1. The Morgan fingerprint density at radius 2 is 1.81 bits per heavy atom. The van der Waals surface area contributed by atoms with E-state index in [9.17, 15) is 4.79 Å². The first-order valence-corrected chi connectivity index (χ1v) is 20.4. The number of amides is 1. The molecule has 1 saturated carbocycles. The quantitative estimate of drug-likeness (QED) is 0.242. The second-order valence-corrected chi connectivity index (χ2v) is 22.6. The van der Waals surface area contributed by atoms with Gasteiger partial charge in [-0.1, -0.05) is 53.1 Å². The molecular weight excluding hydrogens is 633 g/mol. The number of rotatable bonds is 10. The van der Waals surface area contributed by atoms with Crippen LogP contribution in [0.1, 0.15) is 111 Å². The molecule has 1 spiro atoms. The third-order valence-corrected chi connectivity index (χ3v) is 14.4. The molecule has 2 aromatic rings. The summed E-state index contributed by atoms with van der Waals surface area (Å²) in [6, 6.07) is 6.11. The number of nitrogens with zero attached hydrogens (tertiary/aromatic N) is 1. The van der Waals surface area contributed by atoms with E-state index in [0.717, 1.165) is 37.7 Å². The fourth-order valence-electron chi connectivity index (χ4n) is 6.10. The third kappa shape index (κ3) is 10.2. The smallest absolute Gasteiger partial charge is 0.407 e. The predicted octanol–water partition coefficient (Wildman–Crippen LogP) is 9.33. The molecule has 0 unspecified atom stereocenters. The van der Waals surface area contributed by atoms with Gasteiger partial charge in [-0.3, -0.25) is 0 Å². The number of halogens is 2. The molecule has 4 rings (SSSR count). The average molecular weight is 690 g/mol. The highest BCUT2D eigenvalue weighted by Crippen LogP contribution is 2.48. The van der Waals surface area contributed by atoms with Gasteiger partial charge in [-0.2, -0.15) is 0 Å². The number of ether oxygens (including phenoxy) is 2. The lowest BCUT2D eigenvalue weighted by Gasteiger charge is -2.48. The van der Waals surface area contributed by atoms with Crippen molar-refractivity contribution in [2.24, 2.45) is 5.41 Å². The molecule has 7 nitrogen and oxygen atoms in total. The van der Waals surface area contributed by atoms with Gasteiger partial charge >= 0.3 is 6.09 Å². The Kier molecular flexibility index (Phi) is 11.2. The molecule has 2 N–H and O–H groups in total. The van der Waals surface area contributed by atoms with E-state index in [2.05, 4.69) is 71.3 Å². The van der Waals surface area contributed by atoms with Gasteiger partial charge in [0.15, 0.2) is 8.32 Å². The number of benzene rings is 1. The highest BCUT2D eigenvalue weighted by molar-refractivity contribution is 6.74. The minimum Gasteiger partial charge on any atom is -0.471 e. The van der Waals surface area contributed by atoms with E-state index in [1.165, 1.54) is 17.7 Å². The van der Waals surface area contributed by atoms with Gasteiger partial charge in [0.05, 0.1) is 12.1 Å². The first kappa shape index (κ1) is 37.6. The van der Waals surface area contributed by atoms with Gasteiger partial charge < -0.3 is 24.5 Å². The molecule has 262 valence electrons. The fourth-order valence-corrected chi connectivity index (χ4v) is 7.65. The summed E-state index contributed by atoms with van der Waals surface area (Å²) in [5.74, 6) is 0.310. The van der Waals surface area contributed by atoms with Gasteiger partial charge in [0.1, 0.15) is 17.0 Å². The van der Waals surface area contributed by atoms with Gasteiger partial charge in [0, 0.05) is 35.8 Å². The average Bonchev–Trinajstić information content (AvgIpc) is 2.89. The summed E-state index contributed by atoms with van der Waals surface area (Å²) in [5.41, 5.74) is 1.81. The van der Waals surface area contributed by atoms with Crippen molar-refractivity contribution in [3.05, 3.63) is 58.0 Å². The maximum absolute atomic E-state index is 15.2. The molecule has 1 aromatic heterocycles. The normalized spacial score (nSPS) is 19.3. The molecule has 2 aliphatic rings. The Hall–Kier alpha value is -2.20. The number of carbonyl (C=O) groups excluding carboxylic acids is 1. The summed E-state index contributed by atoms with van der Waals surface area (Å²) in [7, 11) is -2.38. The van der Waals surface area contributed by atoms with E-state index < -0.39 is 32.2 Å². The molecule has 10 heteroatoms. The lowest BCUT2D eigenvalue weighted by Crippen LogP contribution is -2.57. The van der Waals surface area contributed by atoms with Gasteiger partial charge in [-0.05, 0) is 112 Å². The monoisotopic (exact) mass is 689 g/mol. The number of hydrogen-bond acceptors (Lipinski definition) is 6. The Bertz CT molecular complexity index is 1410. The zero-order chi connectivity index (χ0) is 35.0. The van der Waals surface area contributed by atoms with Crippen LogP contribution in [0.4, 0.5) is 9.18 Å². The zero-order valence-corrected chi connectivity index (χ0v) is 32.2. The topological polar surface area (TPSA) is 81.7 Å². The minimum absolute atomic E-state index is 0.0259. The number of carbonyl (C=O) groups is 1. The fraction of sp³-hybridized carbons (Fsp3) is 0.676. The summed E-state index contributed by atoms with van der Waals surface area (Å²) in [5, 5.41) is 7.25. The Morgan fingerprint density at radius 3 is 2.38 bits per heavy atom. The van der Waals surface area contributed by atoms with Crippen LogP contribution in [-0.4, -0.2) is 49.3 Å². The van der Waals surface area contributed by atoms with Crippen molar-refractivity contribution in [2.45, 2.75) is 148 Å². The van der Waals surface area contributed by atoms with Crippen LogP contribution in [0.15, 0.2) is 30.5 Å². The van der Waals surface area contributed by atoms with Crippen molar-refractivity contribution >= 4 is 26.0 Å². The van der Waals surface area contributed by atoms with E-state index in [4.69, 9.17) is 30.5 Å². The van der Waals surface area contributed by atoms with Gasteiger partial charge in [0.2, 0.25) is 5.88 Å². The summed E-state index contributed by atoms with van der Waals surface area (Å²) >= 11 is 6.32. The standard InChI is InChI=1S/C37H57ClFN3O4Si/c1-34(2,3)20-24-17-27-30(21-37(15-12-16-37)44-32(27)41-22-24)40-23-31(46-47(10,11)36(7,8)9)29(42-33(43)45-35(4,5)6)19-25-18-26(38)13-14-28(25)39/h13-14,17-18,22,29-31,40H,12,15-16,19-21,23H2,1-11H3,(H,42,43)/t29-,30-,31+/m0/s1. The van der Waals surface area contributed by atoms with Gasteiger partial charge in [-0.15, -0.1) is 0 Å². The van der Waals surface area contributed by atoms with E-state index >= 15 is 4.39 Å². The van der Waals surface area contributed by atoms with Crippen LogP contribution >= 0.6 is 11.6 Å². The number of pyridine rings is 1. The highest BCUT2D eigenvalue weighted by atomic mass is 35.5. The van der Waals surface area contributed by atoms with Crippen molar-refractivity contribution in [3.63, 3.8) is 0 Å². The predicted molar refractivity (Wildman–Crippen MR) is 190 cm³/mol. The first-order chi connectivity index (χ1) is 21.5. The maximum Gasteiger partial charge on any atom is 0.407 e. The zero-order valence-electron chi connectivity index (χ0n) is 30.4. The summed E-state index contributed by atoms with van der Waals surface area (Å²) in [4.78, 5) is 18.1. The van der Waals surface area contributed by atoms with Crippen LogP contribution in [0.5, 0.6) is 5.88 Å². The van der Waals surface area contributed by atoms with Crippen LogP contribution in [0, 0.1) is 11.2 Å². The molecule has 0 saturated heterocycles. The molecule has 1 aliphatic heterocycles. The SMILES string of the molecule is CC(C)(C)Cc1cnc2c(c1)[C@@H](NC[C@@H](O[Si](C)(C)C(C)(C)C)[C@H](Cc1cc(Cl)ccc1F)NC(=O)OC(C)(C)C)CC1(CCC1)O2. The minimum atomic E-state index is -2.38. The molecule has 1 aromatic carbocycles. The number of alkyl carbamates (subject to hydrolysis) is 1. The van der Waals surface area contributed by atoms with Crippen molar-refractivity contribution in [3.8, 4) is 5.88 Å². The van der Waals surface area contributed by atoms with E-state index in [-0.39, 0.29) is 34.3 Å². The lowest BCUT2D eigenvalue weighted by molar-refractivity contribution is -0.0419. The van der Waals surface area contributed by atoms with Crippen LogP contribution in [-0.2, 0) is 22.0 Å². The summed E-state index contributed by atoms with van der Waals surface area (Å²) in [6.07, 6.45) is 5.89. The second-order valence-electron chi connectivity index (χ2n) is 17.4. The second kappa shape index (κ2) is 14.0. The number of hydrogen-bond donors (Lipinski definition) is 2. The molecule has 1 aliphatic carbocycles. The van der Waals surface area contributed by atoms with Crippen molar-refractivity contribution in [2.75, 3.05) is 6.54 Å². The van der Waals surface area contributed by atoms with Crippen LogP contribution < -0.4 is 15.4 Å². The molecule has 0 radical (unpaired) electrons.